The van der Waals surface area contributed by atoms with E-state index >= 15 is 0 Å². The largest absolute Gasteiger partial charge is 0.372 e. The lowest BCUT2D eigenvalue weighted by Crippen LogP contribution is -2.52. The maximum atomic E-state index is 13.0. The summed E-state index contributed by atoms with van der Waals surface area (Å²) < 4.78 is 26.1. The molecule has 2 fully saturated rings. The summed E-state index contributed by atoms with van der Waals surface area (Å²) in [5, 5.41) is 0. The Hall–Kier alpha value is -1.63. The van der Waals surface area contributed by atoms with E-state index in [4.69, 9.17) is 6.57 Å². The average Bonchev–Trinajstić information content (AvgIpc) is 2.38. The van der Waals surface area contributed by atoms with Crippen LogP contribution in [-0.4, -0.2) is 19.0 Å². The van der Waals surface area contributed by atoms with E-state index in [1.165, 1.54) is 0 Å². The van der Waals surface area contributed by atoms with Crippen molar-refractivity contribution in [1.82, 2.24) is 0 Å². The first-order valence-electron chi connectivity index (χ1n) is 6.62. The van der Waals surface area contributed by atoms with Gasteiger partial charge < -0.3 is 4.90 Å². The zero-order chi connectivity index (χ0) is 13.5. The van der Waals surface area contributed by atoms with Gasteiger partial charge in [-0.2, -0.15) is 0 Å². The molecule has 4 heteroatoms. The molecule has 1 aliphatic heterocycles. The number of nitrogens with zero attached hydrogens (tertiary/aromatic N) is 2. The summed E-state index contributed by atoms with van der Waals surface area (Å²) in [7, 11) is 0. The quantitative estimate of drug-likeness (QED) is 0.686. The first-order chi connectivity index (χ1) is 9.02. The average molecular weight is 262 g/mol. The molecule has 1 saturated heterocycles. The van der Waals surface area contributed by atoms with Crippen LogP contribution in [0, 0.1) is 12.0 Å². The molecule has 1 aromatic carbocycles. The van der Waals surface area contributed by atoms with Crippen molar-refractivity contribution in [3.05, 3.63) is 35.7 Å². The molecule has 0 unspecified atom stereocenters. The van der Waals surface area contributed by atoms with Crippen LogP contribution in [-0.2, 0) is 0 Å². The third kappa shape index (κ3) is 2.30. The molecular formula is C15H16F2N2. The van der Waals surface area contributed by atoms with E-state index in [0.29, 0.717) is 5.69 Å². The van der Waals surface area contributed by atoms with Crippen LogP contribution in [0.25, 0.3) is 4.85 Å². The lowest BCUT2D eigenvalue weighted by molar-refractivity contribution is -0.168. The van der Waals surface area contributed by atoms with E-state index in [1.807, 2.05) is 24.3 Å². The van der Waals surface area contributed by atoms with Gasteiger partial charge in [0.2, 0.25) is 5.92 Å². The molecule has 100 valence electrons. The monoisotopic (exact) mass is 262 g/mol. The van der Waals surface area contributed by atoms with Gasteiger partial charge in [-0.15, -0.1) is 0 Å². The fraction of sp³-hybridized carbons (Fsp3) is 0.533. The summed E-state index contributed by atoms with van der Waals surface area (Å²) in [6, 6.07) is 7.51. The second-order valence-electron chi connectivity index (χ2n) is 5.82. The van der Waals surface area contributed by atoms with E-state index in [1.54, 1.807) is 0 Å². The van der Waals surface area contributed by atoms with Crippen molar-refractivity contribution >= 4 is 11.4 Å². The second-order valence-corrected chi connectivity index (χ2v) is 5.82. The minimum absolute atomic E-state index is 0.0739. The lowest BCUT2D eigenvalue weighted by atomic mass is 9.61. The van der Waals surface area contributed by atoms with Crippen LogP contribution >= 0.6 is 0 Å². The Kier molecular flexibility index (Phi) is 2.74. The van der Waals surface area contributed by atoms with Gasteiger partial charge in [0, 0.05) is 31.6 Å². The summed E-state index contributed by atoms with van der Waals surface area (Å²) in [6.07, 6.45) is 1.86. The predicted molar refractivity (Wildman–Crippen MR) is 70.8 cm³/mol. The highest BCUT2D eigenvalue weighted by Crippen LogP contribution is 2.57. The van der Waals surface area contributed by atoms with Crippen molar-refractivity contribution in [2.24, 2.45) is 5.41 Å². The molecule has 0 N–H and O–H groups in total. The molecule has 19 heavy (non-hydrogen) atoms. The highest BCUT2D eigenvalue weighted by atomic mass is 19.3. The van der Waals surface area contributed by atoms with Gasteiger partial charge in [-0.05, 0) is 30.4 Å². The number of anilines is 1. The summed E-state index contributed by atoms with van der Waals surface area (Å²) in [4.78, 5) is 5.60. The summed E-state index contributed by atoms with van der Waals surface area (Å²) in [5.74, 6) is -2.42. The minimum Gasteiger partial charge on any atom is -0.372 e. The highest BCUT2D eigenvalue weighted by molar-refractivity contribution is 5.55. The van der Waals surface area contributed by atoms with Gasteiger partial charge in [0.1, 0.15) is 0 Å². The molecule has 0 radical (unpaired) electrons. The fourth-order valence-electron chi connectivity index (χ4n) is 3.38. The van der Waals surface area contributed by atoms with Gasteiger partial charge in [-0.3, -0.25) is 0 Å². The van der Waals surface area contributed by atoms with E-state index in [-0.39, 0.29) is 18.3 Å². The summed E-state index contributed by atoms with van der Waals surface area (Å²) in [6.45, 7) is 8.60. The van der Waals surface area contributed by atoms with Gasteiger partial charge in [0.15, 0.2) is 5.69 Å². The molecule has 0 amide bonds. The normalized spacial score (nSPS) is 23.7. The van der Waals surface area contributed by atoms with E-state index < -0.39 is 5.92 Å². The molecule has 1 aromatic rings. The lowest BCUT2D eigenvalue weighted by Gasteiger charge is -2.52. The SMILES string of the molecule is [C-]#[N+]c1ccc(N2CCC3(CC2)CC(F)(F)C3)cc1. The predicted octanol–water partition coefficient (Wildman–Crippen LogP) is 4.25. The minimum atomic E-state index is -2.42. The van der Waals surface area contributed by atoms with Crippen LogP contribution in [0.5, 0.6) is 0 Å². The molecular weight excluding hydrogens is 246 g/mol. The molecule has 2 aliphatic rings. The van der Waals surface area contributed by atoms with Crippen LogP contribution in [0.1, 0.15) is 25.7 Å². The van der Waals surface area contributed by atoms with Crippen LogP contribution in [0.4, 0.5) is 20.2 Å². The number of hydrogen-bond donors (Lipinski definition) is 0. The number of benzene rings is 1. The smallest absolute Gasteiger partial charge is 0.249 e. The summed E-state index contributed by atoms with van der Waals surface area (Å²) in [5.41, 5.74) is 1.63. The number of piperidine rings is 1. The molecule has 1 heterocycles. The van der Waals surface area contributed by atoms with Crippen LogP contribution in [0.2, 0.25) is 0 Å². The standard InChI is InChI=1S/C15H16F2N2/c1-18-12-2-4-13(5-3-12)19-8-6-14(7-9-19)10-15(16,17)11-14/h2-5H,6-11H2. The van der Waals surface area contributed by atoms with Gasteiger partial charge >= 0.3 is 0 Å². The highest BCUT2D eigenvalue weighted by Gasteiger charge is 2.56. The number of rotatable bonds is 1. The Bertz CT molecular complexity index is 498. The van der Waals surface area contributed by atoms with E-state index in [9.17, 15) is 8.78 Å². The third-order valence-corrected chi connectivity index (χ3v) is 4.44. The topological polar surface area (TPSA) is 7.60 Å². The Labute approximate surface area is 111 Å². The van der Waals surface area contributed by atoms with Crippen molar-refractivity contribution in [2.45, 2.75) is 31.6 Å². The first-order valence-corrected chi connectivity index (χ1v) is 6.62. The Morgan fingerprint density at radius 1 is 1.05 bits per heavy atom. The maximum Gasteiger partial charge on any atom is 0.249 e. The van der Waals surface area contributed by atoms with Crippen LogP contribution in [0.3, 0.4) is 0 Å². The van der Waals surface area contributed by atoms with Gasteiger partial charge in [0.25, 0.3) is 0 Å². The Morgan fingerprint density at radius 2 is 1.63 bits per heavy atom. The zero-order valence-electron chi connectivity index (χ0n) is 10.7. The van der Waals surface area contributed by atoms with Gasteiger partial charge in [0.05, 0.1) is 6.57 Å². The molecule has 3 rings (SSSR count). The number of alkyl halides is 2. The molecule has 0 aromatic heterocycles. The molecule has 0 atom stereocenters. The Morgan fingerprint density at radius 3 is 2.11 bits per heavy atom. The van der Waals surface area contributed by atoms with Crippen molar-refractivity contribution in [3.63, 3.8) is 0 Å². The molecule has 2 nitrogen and oxygen atoms in total. The molecule has 1 aliphatic carbocycles. The van der Waals surface area contributed by atoms with E-state index in [0.717, 1.165) is 31.6 Å². The van der Waals surface area contributed by atoms with E-state index in [2.05, 4.69) is 9.74 Å². The summed E-state index contributed by atoms with van der Waals surface area (Å²) >= 11 is 0. The first kappa shape index (κ1) is 12.4. The van der Waals surface area contributed by atoms with Gasteiger partial charge in [-0.25, -0.2) is 13.6 Å². The molecule has 1 spiro atoms. The number of hydrogen-bond acceptors (Lipinski definition) is 1. The molecule has 1 saturated carbocycles. The molecule has 0 bridgehead atoms. The third-order valence-electron chi connectivity index (χ3n) is 4.44. The van der Waals surface area contributed by atoms with Gasteiger partial charge in [-0.1, -0.05) is 12.1 Å². The second kappa shape index (κ2) is 4.19. The van der Waals surface area contributed by atoms with Crippen molar-refractivity contribution in [2.75, 3.05) is 18.0 Å². The van der Waals surface area contributed by atoms with Crippen LogP contribution < -0.4 is 4.90 Å². The number of halogens is 2. The van der Waals surface area contributed by atoms with Crippen molar-refractivity contribution in [3.8, 4) is 0 Å². The Balaban J connectivity index is 1.63. The maximum absolute atomic E-state index is 13.0. The van der Waals surface area contributed by atoms with Crippen LogP contribution in [0.15, 0.2) is 24.3 Å². The fourth-order valence-corrected chi connectivity index (χ4v) is 3.38. The van der Waals surface area contributed by atoms with Crippen molar-refractivity contribution < 1.29 is 8.78 Å². The zero-order valence-corrected chi connectivity index (χ0v) is 10.7. The van der Waals surface area contributed by atoms with Crippen molar-refractivity contribution in [1.29, 1.82) is 0 Å².